The summed E-state index contributed by atoms with van der Waals surface area (Å²) in [5, 5.41) is 8.78. The van der Waals surface area contributed by atoms with Crippen LogP contribution in [0.1, 0.15) is 34.3 Å². The summed E-state index contributed by atoms with van der Waals surface area (Å²) in [6, 6.07) is 14.4. The van der Waals surface area contributed by atoms with E-state index >= 15 is 0 Å². The topological polar surface area (TPSA) is 70.4 Å². The molecule has 1 saturated heterocycles. The molecular formula is C21H19FN2O3. The van der Waals surface area contributed by atoms with Gasteiger partial charge < -0.3 is 9.64 Å². The van der Waals surface area contributed by atoms with Gasteiger partial charge in [0.05, 0.1) is 17.6 Å². The van der Waals surface area contributed by atoms with E-state index in [2.05, 4.69) is 0 Å². The minimum absolute atomic E-state index is 0.153. The van der Waals surface area contributed by atoms with Gasteiger partial charge in [-0.15, -0.1) is 0 Å². The number of hydrogen-bond acceptors (Lipinski definition) is 4. The quantitative estimate of drug-likeness (QED) is 0.779. The van der Waals surface area contributed by atoms with Gasteiger partial charge in [0.15, 0.2) is 0 Å². The van der Waals surface area contributed by atoms with Crippen molar-refractivity contribution in [1.82, 2.24) is 4.90 Å². The van der Waals surface area contributed by atoms with Gasteiger partial charge in [-0.2, -0.15) is 5.26 Å². The van der Waals surface area contributed by atoms with E-state index < -0.39 is 0 Å². The van der Waals surface area contributed by atoms with E-state index in [1.165, 1.54) is 24.3 Å². The van der Waals surface area contributed by atoms with Gasteiger partial charge in [0.2, 0.25) is 0 Å². The third-order valence-electron chi connectivity index (χ3n) is 4.67. The second-order valence-electron chi connectivity index (χ2n) is 6.49. The molecule has 0 N–H and O–H groups in total. The largest absolute Gasteiger partial charge is 0.461 e. The van der Waals surface area contributed by atoms with Crippen molar-refractivity contribution < 1.29 is 18.7 Å². The van der Waals surface area contributed by atoms with Crippen LogP contribution in [0.5, 0.6) is 0 Å². The third-order valence-corrected chi connectivity index (χ3v) is 4.67. The zero-order valence-electron chi connectivity index (χ0n) is 14.7. The molecule has 0 aromatic heterocycles. The molecule has 0 unspecified atom stereocenters. The Morgan fingerprint density at radius 1 is 1.07 bits per heavy atom. The Labute approximate surface area is 157 Å². The molecule has 27 heavy (non-hydrogen) atoms. The lowest BCUT2D eigenvalue weighted by molar-refractivity contribution is -0.151. The second kappa shape index (κ2) is 8.45. The summed E-state index contributed by atoms with van der Waals surface area (Å²) in [5.74, 6) is -1.04. The lowest BCUT2D eigenvalue weighted by Crippen LogP contribution is -2.40. The molecular weight excluding hydrogens is 347 g/mol. The molecule has 2 aromatic carbocycles. The Bertz CT molecular complexity index is 848. The van der Waals surface area contributed by atoms with Crippen LogP contribution >= 0.6 is 0 Å². The van der Waals surface area contributed by atoms with Crippen LogP contribution < -0.4 is 0 Å². The molecule has 1 aliphatic rings. The molecule has 0 radical (unpaired) electrons. The summed E-state index contributed by atoms with van der Waals surface area (Å²) >= 11 is 0. The number of hydrogen-bond donors (Lipinski definition) is 0. The van der Waals surface area contributed by atoms with Crippen molar-refractivity contribution in [2.75, 3.05) is 13.1 Å². The first kappa shape index (κ1) is 18.6. The Balaban J connectivity index is 1.48. The highest BCUT2D eigenvalue weighted by Crippen LogP contribution is 2.21. The highest BCUT2D eigenvalue weighted by molar-refractivity contribution is 5.94. The molecule has 1 amide bonds. The normalized spacial score (nSPS) is 14.4. The summed E-state index contributed by atoms with van der Waals surface area (Å²) in [6.07, 6.45) is 1.08. The van der Waals surface area contributed by atoms with Crippen LogP contribution in [0, 0.1) is 23.1 Å². The van der Waals surface area contributed by atoms with Crippen molar-refractivity contribution in [3.63, 3.8) is 0 Å². The fraction of sp³-hybridized carbons (Fsp3) is 0.286. The highest BCUT2D eigenvalue weighted by Gasteiger charge is 2.28. The monoisotopic (exact) mass is 366 g/mol. The summed E-state index contributed by atoms with van der Waals surface area (Å²) in [6.45, 7) is 1.10. The zero-order valence-corrected chi connectivity index (χ0v) is 14.7. The summed E-state index contributed by atoms with van der Waals surface area (Å²) in [5.41, 5.74) is 1.83. The van der Waals surface area contributed by atoms with Crippen molar-refractivity contribution in [2.24, 2.45) is 5.92 Å². The van der Waals surface area contributed by atoms with Crippen molar-refractivity contribution >= 4 is 11.9 Å². The number of piperidine rings is 1. The maximum absolute atomic E-state index is 13.0. The third kappa shape index (κ3) is 4.70. The number of likely N-dealkylation sites (tertiary alicyclic amines) is 1. The SMILES string of the molecule is N#Cc1ccc(COC(=O)C2CCN(C(=O)c3ccc(F)cc3)CC2)cc1. The van der Waals surface area contributed by atoms with Crippen molar-refractivity contribution in [2.45, 2.75) is 19.4 Å². The van der Waals surface area contributed by atoms with Gasteiger partial charge in [-0.25, -0.2) is 4.39 Å². The van der Waals surface area contributed by atoms with Crippen LogP contribution in [-0.4, -0.2) is 29.9 Å². The number of nitriles is 1. The molecule has 0 saturated carbocycles. The Morgan fingerprint density at radius 3 is 2.30 bits per heavy atom. The molecule has 3 rings (SSSR count). The molecule has 0 spiro atoms. The van der Waals surface area contributed by atoms with E-state index in [0.717, 1.165) is 5.56 Å². The van der Waals surface area contributed by atoms with E-state index in [0.29, 0.717) is 37.1 Å². The number of benzene rings is 2. The molecule has 5 nitrogen and oxygen atoms in total. The molecule has 1 fully saturated rings. The van der Waals surface area contributed by atoms with Gasteiger partial charge >= 0.3 is 5.97 Å². The van der Waals surface area contributed by atoms with Crippen molar-refractivity contribution in [1.29, 1.82) is 5.26 Å². The second-order valence-corrected chi connectivity index (χ2v) is 6.49. The number of amides is 1. The van der Waals surface area contributed by atoms with E-state index in [1.54, 1.807) is 29.2 Å². The fourth-order valence-corrected chi connectivity index (χ4v) is 3.04. The van der Waals surface area contributed by atoms with Gasteiger partial charge in [-0.3, -0.25) is 9.59 Å². The number of ether oxygens (including phenoxy) is 1. The minimum atomic E-state index is -0.379. The number of halogens is 1. The van der Waals surface area contributed by atoms with Crippen LogP contribution in [0.15, 0.2) is 48.5 Å². The number of carbonyl (C=O) groups is 2. The molecule has 138 valence electrons. The number of rotatable bonds is 4. The molecule has 2 aromatic rings. The lowest BCUT2D eigenvalue weighted by atomic mass is 9.96. The highest BCUT2D eigenvalue weighted by atomic mass is 19.1. The Morgan fingerprint density at radius 2 is 1.70 bits per heavy atom. The van der Waals surface area contributed by atoms with Gasteiger partial charge in [0.1, 0.15) is 12.4 Å². The van der Waals surface area contributed by atoms with E-state index in [9.17, 15) is 14.0 Å². The fourth-order valence-electron chi connectivity index (χ4n) is 3.04. The predicted molar refractivity (Wildman–Crippen MR) is 96.0 cm³/mol. The first-order valence-electron chi connectivity index (χ1n) is 8.77. The smallest absolute Gasteiger partial charge is 0.309 e. The zero-order chi connectivity index (χ0) is 19.2. The van der Waals surface area contributed by atoms with E-state index in [1.807, 2.05) is 6.07 Å². The van der Waals surface area contributed by atoms with Crippen LogP contribution in [0.2, 0.25) is 0 Å². The number of nitrogens with zero attached hydrogens (tertiary/aromatic N) is 2. The van der Waals surface area contributed by atoms with Crippen molar-refractivity contribution in [3.8, 4) is 6.07 Å². The van der Waals surface area contributed by atoms with Crippen molar-refractivity contribution in [3.05, 3.63) is 71.0 Å². The first-order valence-corrected chi connectivity index (χ1v) is 8.77. The number of carbonyl (C=O) groups excluding carboxylic acids is 2. The van der Waals surface area contributed by atoms with E-state index in [-0.39, 0.29) is 30.2 Å². The van der Waals surface area contributed by atoms with Crippen LogP contribution in [-0.2, 0) is 16.1 Å². The van der Waals surface area contributed by atoms with Crippen LogP contribution in [0.4, 0.5) is 4.39 Å². The maximum Gasteiger partial charge on any atom is 0.309 e. The summed E-state index contributed by atoms with van der Waals surface area (Å²) in [4.78, 5) is 26.4. The maximum atomic E-state index is 13.0. The molecule has 6 heteroatoms. The first-order chi connectivity index (χ1) is 13.1. The van der Waals surface area contributed by atoms with Crippen LogP contribution in [0.3, 0.4) is 0 Å². The van der Waals surface area contributed by atoms with Gasteiger partial charge in [0, 0.05) is 18.7 Å². The molecule has 0 atom stereocenters. The van der Waals surface area contributed by atoms with Gasteiger partial charge in [0.25, 0.3) is 5.91 Å². The summed E-state index contributed by atoms with van der Waals surface area (Å²) < 4.78 is 18.3. The predicted octanol–water partition coefficient (Wildman–Crippen LogP) is 3.29. The van der Waals surface area contributed by atoms with E-state index in [4.69, 9.17) is 10.00 Å². The van der Waals surface area contributed by atoms with Gasteiger partial charge in [-0.05, 0) is 54.8 Å². The summed E-state index contributed by atoms with van der Waals surface area (Å²) in [7, 11) is 0. The Kier molecular flexibility index (Phi) is 5.82. The number of esters is 1. The minimum Gasteiger partial charge on any atom is -0.461 e. The lowest BCUT2D eigenvalue weighted by Gasteiger charge is -2.31. The standard InChI is InChI=1S/C21H19FN2O3/c22-19-7-5-17(6-8-19)20(25)24-11-9-18(10-12-24)21(26)27-14-16-3-1-15(13-23)2-4-16/h1-8,18H,9-12,14H2. The average Bonchev–Trinajstić information content (AvgIpc) is 2.72. The van der Waals surface area contributed by atoms with Gasteiger partial charge in [-0.1, -0.05) is 12.1 Å². The molecule has 0 aliphatic carbocycles. The molecule has 1 aliphatic heterocycles. The average molecular weight is 366 g/mol. The van der Waals surface area contributed by atoms with Crippen LogP contribution in [0.25, 0.3) is 0 Å². The molecule has 1 heterocycles. The Hall–Kier alpha value is -3.20. The molecule has 0 bridgehead atoms.